The number of thiazole rings is 8. The maximum atomic E-state index is 5.45. The van der Waals surface area contributed by atoms with Crippen LogP contribution in [0.2, 0.25) is 0 Å². The van der Waals surface area contributed by atoms with Crippen LogP contribution in [-0.2, 0) is 14.1 Å². The van der Waals surface area contributed by atoms with Gasteiger partial charge in [-0.05, 0) is 147 Å². The standard InChI is InChI=1S/C7H12N2S.C7H12N2.C7H9NOS.C7H9NS.2C6H9NOS.C6H7NS.C5H8N2.C5H7NOS.C5H7NS/c1-5(2)8-7-9-6(3)4-10-7;1-6(2)7-4-5-9(3)8-7;1-5-4-8-7(10-5)9-6-2-3-6;1-5-4-8-7(9-5)6-2-3-6;1-3-8-6-7-5(2)4-9-6;1-3-8-6-7-4-5(2)9-6;1-3-6-4-8-5(2)7-6;1-5-3-4-7(2)6-5;1-4-3-8-5(6-4)7-2;1-4-3-7-5(2)6-4/h4-5H,1-3H3,(H,8,9);4-6H,1-3H3;4,6H,2-3H2,1H3;4,6H,2-3H2,1H3;2*4H,3H2,1-2H3;3-4H,1H2,2H3;3-4H,1-2H3;3H,1-2H3;3H,1-2H3. The van der Waals surface area contributed by atoms with E-state index in [2.05, 4.69) is 102 Å². The summed E-state index contributed by atoms with van der Waals surface area (Å²) in [4.78, 5) is 36.8. The lowest BCUT2D eigenvalue weighted by atomic mass is 10.1. The molecule has 470 valence electrons. The van der Waals surface area contributed by atoms with E-state index < -0.39 is 0 Å². The number of rotatable bonds is 12. The van der Waals surface area contributed by atoms with Crippen LogP contribution in [0.3, 0.4) is 0 Å². The highest BCUT2D eigenvalue weighted by Gasteiger charge is 2.26. The van der Waals surface area contributed by atoms with Crippen LogP contribution in [0.15, 0.2) is 76.6 Å². The summed E-state index contributed by atoms with van der Waals surface area (Å²) in [5.41, 5.74) is 7.48. The predicted octanol–water partition coefficient (Wildman–Crippen LogP) is 17.9. The van der Waals surface area contributed by atoms with Gasteiger partial charge in [-0.15, -0.1) is 45.3 Å². The molecule has 10 heterocycles. The van der Waals surface area contributed by atoms with Crippen LogP contribution >= 0.6 is 90.7 Å². The van der Waals surface area contributed by atoms with Gasteiger partial charge in [-0.25, -0.2) is 39.9 Å². The summed E-state index contributed by atoms with van der Waals surface area (Å²) in [5, 5.41) is 29.2. The van der Waals surface area contributed by atoms with Crippen molar-refractivity contribution in [3.8, 4) is 20.8 Å². The molecule has 10 aromatic rings. The highest BCUT2D eigenvalue weighted by molar-refractivity contribution is 7.14. The van der Waals surface area contributed by atoms with Gasteiger partial charge in [0.15, 0.2) is 5.13 Å². The van der Waals surface area contributed by atoms with E-state index in [9.17, 15) is 0 Å². The number of hydrogen-bond acceptors (Lipinski definition) is 23. The third kappa shape index (κ3) is 34.5. The van der Waals surface area contributed by atoms with Crippen molar-refractivity contribution in [3.05, 3.63) is 146 Å². The van der Waals surface area contributed by atoms with Gasteiger partial charge in [0.2, 0.25) is 0 Å². The van der Waals surface area contributed by atoms with Crippen molar-refractivity contribution in [1.82, 2.24) is 59.4 Å². The average molecular weight is 1330 g/mol. The van der Waals surface area contributed by atoms with Gasteiger partial charge >= 0.3 is 0 Å². The lowest BCUT2D eigenvalue weighted by Crippen LogP contribution is -2.08. The van der Waals surface area contributed by atoms with Gasteiger partial charge in [-0.1, -0.05) is 65.8 Å². The molecule has 17 nitrogen and oxygen atoms in total. The summed E-state index contributed by atoms with van der Waals surface area (Å²) < 4.78 is 24.2. The molecule has 12 rings (SSSR count). The van der Waals surface area contributed by atoms with Gasteiger partial charge in [0, 0.05) is 104 Å². The van der Waals surface area contributed by atoms with E-state index in [0.717, 1.165) is 81.7 Å². The zero-order valence-corrected chi connectivity index (χ0v) is 60.1. The van der Waals surface area contributed by atoms with Crippen LogP contribution in [0.25, 0.3) is 6.08 Å². The Kier molecular flexibility index (Phi) is 35.8. The average Bonchev–Trinajstić information content (AvgIpc) is 4.01. The second-order valence-electron chi connectivity index (χ2n) is 19.8. The molecule has 2 saturated carbocycles. The molecular formula is C61H89N13O4S8. The van der Waals surface area contributed by atoms with Crippen LogP contribution < -0.4 is 24.3 Å². The smallest absolute Gasteiger partial charge is 0.273 e. The van der Waals surface area contributed by atoms with E-state index in [1.54, 1.807) is 85.9 Å². The summed E-state index contributed by atoms with van der Waals surface area (Å²) in [7, 11) is 5.47. The van der Waals surface area contributed by atoms with E-state index >= 15 is 0 Å². The summed E-state index contributed by atoms with van der Waals surface area (Å²) in [6.07, 6.45) is 16.9. The fourth-order valence-electron chi connectivity index (χ4n) is 5.97. The molecule has 10 aromatic heterocycles. The highest BCUT2D eigenvalue weighted by Crippen LogP contribution is 2.41. The fraction of sp³-hybridized carbons (Fsp3) is 0.475. The Hall–Kier alpha value is -5.80. The molecule has 2 aliphatic rings. The molecule has 86 heavy (non-hydrogen) atoms. The minimum atomic E-state index is 0.477. The van der Waals surface area contributed by atoms with Crippen LogP contribution in [0.5, 0.6) is 20.8 Å². The summed E-state index contributed by atoms with van der Waals surface area (Å²) in [6.45, 7) is 37.4. The zero-order chi connectivity index (χ0) is 63.6. The van der Waals surface area contributed by atoms with Gasteiger partial charge < -0.3 is 24.3 Å². The monoisotopic (exact) mass is 1320 g/mol. The Bertz CT molecular complexity index is 3140. The van der Waals surface area contributed by atoms with Gasteiger partial charge in [0.25, 0.3) is 20.8 Å². The van der Waals surface area contributed by atoms with Crippen molar-refractivity contribution in [1.29, 1.82) is 0 Å². The largest absolute Gasteiger partial charge is 0.473 e. The molecule has 0 aliphatic heterocycles. The van der Waals surface area contributed by atoms with Crippen LogP contribution in [-0.4, -0.2) is 91.9 Å². The second-order valence-corrected chi connectivity index (χ2v) is 28.0. The molecule has 0 aromatic carbocycles. The number of nitrogens with zero attached hydrogens (tertiary/aromatic N) is 12. The quantitative estimate of drug-likeness (QED) is 0.122. The van der Waals surface area contributed by atoms with Crippen molar-refractivity contribution in [2.45, 2.75) is 160 Å². The van der Waals surface area contributed by atoms with Crippen LogP contribution in [0.4, 0.5) is 5.13 Å². The second kappa shape index (κ2) is 41.4. The van der Waals surface area contributed by atoms with Crippen molar-refractivity contribution in [2.24, 2.45) is 14.1 Å². The molecule has 0 bridgehead atoms. The minimum absolute atomic E-state index is 0.477. The topological polar surface area (TPSA) is 188 Å². The summed E-state index contributed by atoms with van der Waals surface area (Å²) in [6, 6.07) is 4.50. The Labute approximate surface area is 543 Å². The minimum Gasteiger partial charge on any atom is -0.473 e. The van der Waals surface area contributed by atoms with Gasteiger partial charge in [-0.3, -0.25) is 9.36 Å². The number of ether oxygens (including phenoxy) is 4. The molecule has 0 radical (unpaired) electrons. The number of aryl methyl sites for hydroxylation is 12. The Morgan fingerprint density at radius 3 is 1.40 bits per heavy atom. The fourth-order valence-corrected chi connectivity index (χ4v) is 11.6. The van der Waals surface area contributed by atoms with E-state index in [0.29, 0.717) is 31.3 Å². The van der Waals surface area contributed by atoms with E-state index in [4.69, 9.17) is 18.9 Å². The number of anilines is 1. The summed E-state index contributed by atoms with van der Waals surface area (Å²) >= 11 is 13.1. The molecular weight excluding hydrogens is 1240 g/mol. The Morgan fingerprint density at radius 1 is 0.570 bits per heavy atom. The first kappa shape index (κ1) is 74.5. The van der Waals surface area contributed by atoms with Crippen molar-refractivity contribution >= 4 is 102 Å². The molecule has 25 heteroatoms. The first-order valence-electron chi connectivity index (χ1n) is 28.1. The summed E-state index contributed by atoms with van der Waals surface area (Å²) in [5.74, 6) is 1.38. The van der Waals surface area contributed by atoms with Crippen LogP contribution in [0, 0.1) is 69.2 Å². The maximum absolute atomic E-state index is 5.45. The molecule has 2 aliphatic carbocycles. The maximum Gasteiger partial charge on any atom is 0.273 e. The Balaban J connectivity index is 0.000000251. The van der Waals surface area contributed by atoms with Crippen molar-refractivity contribution in [3.63, 3.8) is 0 Å². The van der Waals surface area contributed by atoms with Gasteiger partial charge in [0.05, 0.1) is 69.5 Å². The molecule has 0 amide bonds. The number of nitrogens with one attached hydrogen (secondary N) is 1. The highest BCUT2D eigenvalue weighted by atomic mass is 32.1. The first-order valence-corrected chi connectivity index (χ1v) is 35.0. The Morgan fingerprint density at radius 2 is 1.08 bits per heavy atom. The predicted molar refractivity (Wildman–Crippen MR) is 368 cm³/mol. The molecule has 0 atom stereocenters. The van der Waals surface area contributed by atoms with E-state index in [1.807, 2.05) is 171 Å². The molecule has 2 fully saturated rings. The normalized spacial score (nSPS) is 11.5. The van der Waals surface area contributed by atoms with Crippen LogP contribution in [0.1, 0.15) is 149 Å². The molecule has 0 spiro atoms. The number of hydrogen-bond donors (Lipinski definition) is 1. The SMILES string of the molecule is C=Cc1csc(C)n1.CC(C)c1ccn(C)n1.CCOc1nc(C)cs1.CCOc1ncc(C)s1.COc1nc(C)cs1.Cc1ccn(C)n1.Cc1cnc(C2CC2)s1.Cc1cnc(OC2CC2)s1.Cc1csc(C)n1.Cc1csc(NC(C)C)n1. The number of methoxy groups -OCH3 is 1. The lowest BCUT2D eigenvalue weighted by Gasteiger charge is -2.03. The molecule has 0 unspecified atom stereocenters. The number of aromatic nitrogens is 12. The zero-order valence-electron chi connectivity index (χ0n) is 53.5. The van der Waals surface area contributed by atoms with Gasteiger partial charge in [0.1, 0.15) is 6.10 Å². The van der Waals surface area contributed by atoms with E-state index in [1.165, 1.54) is 56.7 Å². The molecule has 1 N–H and O–H groups in total. The molecule has 0 saturated heterocycles. The first-order chi connectivity index (χ1) is 41.0. The van der Waals surface area contributed by atoms with Crippen molar-refractivity contribution in [2.75, 3.05) is 25.6 Å². The van der Waals surface area contributed by atoms with E-state index in [-0.39, 0.29) is 0 Å². The third-order valence-electron chi connectivity index (χ3n) is 10.2. The van der Waals surface area contributed by atoms with Gasteiger partial charge in [-0.2, -0.15) is 10.2 Å². The third-order valence-corrected chi connectivity index (χ3v) is 17.3. The van der Waals surface area contributed by atoms with Crippen molar-refractivity contribution < 1.29 is 18.9 Å². The lowest BCUT2D eigenvalue weighted by molar-refractivity contribution is 0.301.